The standard InChI is InChI=1S/C13H26N2O2/c1-13(2,3)17-12(16)15(4)9-10-5-7-11(14)8-6-10/h10-11H,5-9,14H2,1-4H3. The van der Waals surface area contributed by atoms with Crippen molar-refractivity contribution in [1.82, 2.24) is 4.90 Å². The van der Waals surface area contributed by atoms with Gasteiger partial charge in [0.15, 0.2) is 0 Å². The maximum atomic E-state index is 11.8. The summed E-state index contributed by atoms with van der Waals surface area (Å²) in [4.78, 5) is 13.5. The summed E-state index contributed by atoms with van der Waals surface area (Å²) in [6.07, 6.45) is 4.16. The number of carbonyl (C=O) groups excluding carboxylic acids is 1. The molecule has 0 bridgehead atoms. The summed E-state index contributed by atoms with van der Waals surface area (Å²) in [5, 5.41) is 0. The van der Waals surface area contributed by atoms with Crippen molar-refractivity contribution >= 4 is 6.09 Å². The number of hydrogen-bond donors (Lipinski definition) is 1. The summed E-state index contributed by atoms with van der Waals surface area (Å²) in [5.74, 6) is 0.576. The highest BCUT2D eigenvalue weighted by Crippen LogP contribution is 2.24. The van der Waals surface area contributed by atoms with Gasteiger partial charge < -0.3 is 15.4 Å². The maximum absolute atomic E-state index is 11.8. The van der Waals surface area contributed by atoms with E-state index in [0.29, 0.717) is 12.0 Å². The average Bonchev–Trinajstić information content (AvgIpc) is 2.19. The van der Waals surface area contributed by atoms with Crippen molar-refractivity contribution in [2.45, 2.75) is 58.1 Å². The Balaban J connectivity index is 2.33. The first-order chi connectivity index (χ1) is 7.78. The molecule has 0 radical (unpaired) electrons. The molecule has 0 spiro atoms. The second-order valence-corrected chi connectivity index (χ2v) is 6.14. The number of ether oxygens (including phenoxy) is 1. The summed E-state index contributed by atoms with van der Waals surface area (Å²) in [5.41, 5.74) is 5.45. The zero-order valence-electron chi connectivity index (χ0n) is 11.5. The molecule has 4 heteroatoms. The minimum absolute atomic E-state index is 0.229. The Kier molecular flexibility index (Phi) is 4.80. The normalized spacial score (nSPS) is 25.5. The quantitative estimate of drug-likeness (QED) is 0.808. The molecule has 2 N–H and O–H groups in total. The highest BCUT2D eigenvalue weighted by molar-refractivity contribution is 5.67. The Hall–Kier alpha value is -0.770. The van der Waals surface area contributed by atoms with Gasteiger partial charge in [-0.3, -0.25) is 0 Å². The SMILES string of the molecule is CN(CC1CCC(N)CC1)C(=O)OC(C)(C)C. The van der Waals surface area contributed by atoms with Crippen LogP contribution in [-0.4, -0.2) is 36.2 Å². The zero-order valence-corrected chi connectivity index (χ0v) is 11.5. The van der Waals surface area contributed by atoms with Crippen molar-refractivity contribution < 1.29 is 9.53 Å². The van der Waals surface area contributed by atoms with Crippen molar-refractivity contribution in [3.63, 3.8) is 0 Å². The van der Waals surface area contributed by atoms with Gasteiger partial charge in [0.25, 0.3) is 0 Å². The lowest BCUT2D eigenvalue weighted by atomic mass is 9.86. The lowest BCUT2D eigenvalue weighted by molar-refractivity contribution is 0.0261. The molecule has 0 aromatic carbocycles. The number of rotatable bonds is 2. The Morgan fingerprint density at radius 1 is 1.29 bits per heavy atom. The molecular formula is C13H26N2O2. The topological polar surface area (TPSA) is 55.6 Å². The first-order valence-electron chi connectivity index (χ1n) is 6.47. The second-order valence-electron chi connectivity index (χ2n) is 6.14. The van der Waals surface area contributed by atoms with Crippen LogP contribution in [0.25, 0.3) is 0 Å². The molecule has 0 heterocycles. The predicted octanol–water partition coefficient (Wildman–Crippen LogP) is 2.37. The van der Waals surface area contributed by atoms with Crippen molar-refractivity contribution in [1.29, 1.82) is 0 Å². The highest BCUT2D eigenvalue weighted by Gasteiger charge is 2.24. The first-order valence-corrected chi connectivity index (χ1v) is 6.47. The van der Waals surface area contributed by atoms with Crippen LogP contribution in [0.15, 0.2) is 0 Å². The van der Waals surface area contributed by atoms with Gasteiger partial charge in [-0.2, -0.15) is 0 Å². The lowest BCUT2D eigenvalue weighted by Crippen LogP contribution is -2.38. The van der Waals surface area contributed by atoms with E-state index >= 15 is 0 Å². The van der Waals surface area contributed by atoms with Crippen molar-refractivity contribution in [3.05, 3.63) is 0 Å². The molecule has 1 rings (SSSR count). The van der Waals surface area contributed by atoms with Crippen LogP contribution in [0.2, 0.25) is 0 Å². The molecule has 4 nitrogen and oxygen atoms in total. The van der Waals surface area contributed by atoms with Crippen LogP contribution in [0.3, 0.4) is 0 Å². The molecule has 1 aliphatic carbocycles. The van der Waals surface area contributed by atoms with Gasteiger partial charge in [-0.15, -0.1) is 0 Å². The van der Waals surface area contributed by atoms with E-state index in [1.807, 2.05) is 27.8 Å². The van der Waals surface area contributed by atoms with Gasteiger partial charge >= 0.3 is 6.09 Å². The third kappa shape index (κ3) is 5.39. The second kappa shape index (κ2) is 5.71. The lowest BCUT2D eigenvalue weighted by Gasteiger charge is -2.31. The van der Waals surface area contributed by atoms with E-state index in [4.69, 9.17) is 10.5 Å². The summed E-state index contributed by atoms with van der Waals surface area (Å²) in [6, 6.07) is 0.359. The average molecular weight is 242 g/mol. The van der Waals surface area contributed by atoms with Crippen LogP contribution in [0.5, 0.6) is 0 Å². The maximum Gasteiger partial charge on any atom is 0.410 e. The molecule has 1 amide bonds. The van der Waals surface area contributed by atoms with E-state index in [2.05, 4.69) is 0 Å². The Morgan fingerprint density at radius 3 is 2.29 bits per heavy atom. The molecule has 0 atom stereocenters. The molecular weight excluding hydrogens is 216 g/mol. The monoisotopic (exact) mass is 242 g/mol. The van der Waals surface area contributed by atoms with E-state index < -0.39 is 5.60 Å². The molecule has 1 saturated carbocycles. The number of carbonyl (C=O) groups is 1. The summed E-state index contributed by atoms with van der Waals surface area (Å²) in [7, 11) is 1.81. The molecule has 0 aliphatic heterocycles. The van der Waals surface area contributed by atoms with E-state index in [-0.39, 0.29) is 6.09 Å². The molecule has 0 aromatic heterocycles. The van der Waals surface area contributed by atoms with E-state index in [1.54, 1.807) is 4.90 Å². The van der Waals surface area contributed by atoms with E-state index in [0.717, 1.165) is 32.2 Å². The van der Waals surface area contributed by atoms with Crippen LogP contribution < -0.4 is 5.73 Å². The van der Waals surface area contributed by atoms with Gasteiger partial charge in [0.05, 0.1) is 0 Å². The Bertz CT molecular complexity index is 253. The molecule has 1 aliphatic rings. The van der Waals surface area contributed by atoms with Gasteiger partial charge in [0.1, 0.15) is 5.60 Å². The zero-order chi connectivity index (χ0) is 13.1. The first kappa shape index (κ1) is 14.3. The molecule has 17 heavy (non-hydrogen) atoms. The number of nitrogens with two attached hydrogens (primary N) is 1. The van der Waals surface area contributed by atoms with Gasteiger partial charge in [0, 0.05) is 19.6 Å². The summed E-state index contributed by atoms with van der Waals surface area (Å²) < 4.78 is 5.32. The number of nitrogens with zero attached hydrogens (tertiary/aromatic N) is 1. The largest absolute Gasteiger partial charge is 0.444 e. The third-order valence-electron chi connectivity index (χ3n) is 3.13. The number of hydrogen-bond acceptors (Lipinski definition) is 3. The molecule has 0 unspecified atom stereocenters. The minimum atomic E-state index is -0.416. The fraction of sp³-hybridized carbons (Fsp3) is 0.923. The molecule has 0 aromatic rings. The fourth-order valence-corrected chi connectivity index (χ4v) is 2.17. The van der Waals surface area contributed by atoms with E-state index in [1.165, 1.54) is 0 Å². The summed E-state index contributed by atoms with van der Waals surface area (Å²) in [6.45, 7) is 6.44. The van der Waals surface area contributed by atoms with Crippen molar-refractivity contribution in [2.24, 2.45) is 11.7 Å². The van der Waals surface area contributed by atoms with Crippen LogP contribution in [-0.2, 0) is 4.74 Å². The molecule has 100 valence electrons. The van der Waals surface area contributed by atoms with Gasteiger partial charge in [-0.25, -0.2) is 4.79 Å². The van der Waals surface area contributed by atoms with Crippen LogP contribution in [0, 0.1) is 5.92 Å². The molecule has 1 fully saturated rings. The van der Waals surface area contributed by atoms with Crippen LogP contribution in [0.4, 0.5) is 4.79 Å². The van der Waals surface area contributed by atoms with Crippen LogP contribution >= 0.6 is 0 Å². The van der Waals surface area contributed by atoms with Crippen LogP contribution in [0.1, 0.15) is 46.5 Å². The van der Waals surface area contributed by atoms with Crippen molar-refractivity contribution in [2.75, 3.05) is 13.6 Å². The Morgan fingerprint density at radius 2 is 1.82 bits per heavy atom. The van der Waals surface area contributed by atoms with E-state index in [9.17, 15) is 4.79 Å². The molecule has 0 saturated heterocycles. The highest BCUT2D eigenvalue weighted by atomic mass is 16.6. The third-order valence-corrected chi connectivity index (χ3v) is 3.13. The summed E-state index contributed by atoms with van der Waals surface area (Å²) >= 11 is 0. The van der Waals surface area contributed by atoms with Gasteiger partial charge in [-0.1, -0.05) is 0 Å². The Labute approximate surface area is 104 Å². The van der Waals surface area contributed by atoms with Crippen molar-refractivity contribution in [3.8, 4) is 0 Å². The smallest absolute Gasteiger partial charge is 0.410 e. The predicted molar refractivity (Wildman–Crippen MR) is 68.8 cm³/mol. The minimum Gasteiger partial charge on any atom is -0.444 e. The fourth-order valence-electron chi connectivity index (χ4n) is 2.17. The number of amides is 1. The van der Waals surface area contributed by atoms with Gasteiger partial charge in [0.2, 0.25) is 0 Å². The van der Waals surface area contributed by atoms with Gasteiger partial charge in [-0.05, 0) is 52.4 Å².